The molecular weight excluding hydrogens is 244 g/mol. The lowest BCUT2D eigenvalue weighted by molar-refractivity contribution is 0.662. The zero-order valence-corrected chi connectivity index (χ0v) is 11.8. The third-order valence-electron chi connectivity index (χ3n) is 2.49. The van der Waals surface area contributed by atoms with Crippen molar-refractivity contribution in [2.45, 2.75) is 26.3 Å². The first-order valence-electron chi connectivity index (χ1n) is 6.03. The van der Waals surface area contributed by atoms with Gasteiger partial charge in [-0.1, -0.05) is 0 Å². The lowest BCUT2D eigenvalue weighted by atomic mass is 10.3. The molecule has 8 nitrogen and oxygen atoms in total. The maximum atomic E-state index is 8.72. The van der Waals surface area contributed by atoms with Gasteiger partial charge in [-0.2, -0.15) is 20.2 Å². The van der Waals surface area contributed by atoms with Gasteiger partial charge in [-0.3, -0.25) is 5.43 Å². The Bertz CT molecular complexity index is 450. The molecule has 0 aliphatic heterocycles. The van der Waals surface area contributed by atoms with Crippen LogP contribution in [0.15, 0.2) is 0 Å². The maximum absolute atomic E-state index is 8.72. The molecule has 19 heavy (non-hydrogen) atoms. The summed E-state index contributed by atoms with van der Waals surface area (Å²) in [6.07, 6.45) is 0.409. The monoisotopic (exact) mass is 264 g/mol. The molecule has 104 valence electrons. The fourth-order valence-electron chi connectivity index (χ4n) is 1.51. The fraction of sp³-hybridized carbons (Fsp3) is 0.636. The summed E-state index contributed by atoms with van der Waals surface area (Å²) < 4.78 is 0. The second kappa shape index (κ2) is 6.70. The van der Waals surface area contributed by atoms with E-state index >= 15 is 0 Å². The van der Waals surface area contributed by atoms with Crippen LogP contribution in [0.5, 0.6) is 0 Å². The Morgan fingerprint density at radius 1 is 1.26 bits per heavy atom. The van der Waals surface area contributed by atoms with Gasteiger partial charge in [-0.25, -0.2) is 5.84 Å². The summed E-state index contributed by atoms with van der Waals surface area (Å²) in [5.74, 6) is 6.70. The Balaban J connectivity index is 3.14. The van der Waals surface area contributed by atoms with Crippen molar-refractivity contribution in [3.63, 3.8) is 0 Å². The standard InChI is InChI=1S/C11H20N8/c1-8(2)19(7-5-6-12)11-15-9(17-13)14-10(16-11)18(3)4/h8H,5,7,13H2,1-4H3,(H,14,15,16,17). The zero-order chi connectivity index (χ0) is 14.4. The lowest BCUT2D eigenvalue weighted by Gasteiger charge is -2.26. The number of nitrogen functional groups attached to an aromatic ring is 1. The van der Waals surface area contributed by atoms with Gasteiger partial charge in [0, 0.05) is 26.7 Å². The smallest absolute Gasteiger partial charge is 0.243 e. The number of hydrogen-bond donors (Lipinski definition) is 2. The number of hydrogen-bond acceptors (Lipinski definition) is 8. The van der Waals surface area contributed by atoms with Gasteiger partial charge in [0.2, 0.25) is 17.8 Å². The van der Waals surface area contributed by atoms with Crippen molar-refractivity contribution in [2.24, 2.45) is 5.84 Å². The molecule has 0 radical (unpaired) electrons. The summed E-state index contributed by atoms with van der Waals surface area (Å²) >= 11 is 0. The highest BCUT2D eigenvalue weighted by molar-refractivity contribution is 5.44. The van der Waals surface area contributed by atoms with Crippen LogP contribution < -0.4 is 21.1 Å². The summed E-state index contributed by atoms with van der Waals surface area (Å²) in [4.78, 5) is 16.5. The van der Waals surface area contributed by atoms with E-state index in [-0.39, 0.29) is 6.04 Å². The Labute approximate surface area is 113 Å². The molecule has 0 saturated carbocycles. The fourth-order valence-corrected chi connectivity index (χ4v) is 1.51. The van der Waals surface area contributed by atoms with E-state index in [2.05, 4.69) is 26.4 Å². The summed E-state index contributed by atoms with van der Waals surface area (Å²) in [6, 6.07) is 2.30. The van der Waals surface area contributed by atoms with Crippen LogP contribution in [-0.4, -0.2) is 41.6 Å². The molecule has 0 aromatic carbocycles. The van der Waals surface area contributed by atoms with Crippen LogP contribution in [0.25, 0.3) is 0 Å². The van der Waals surface area contributed by atoms with Gasteiger partial charge in [0.25, 0.3) is 0 Å². The molecule has 0 unspecified atom stereocenters. The minimum absolute atomic E-state index is 0.177. The topological polar surface area (TPSA) is 107 Å². The number of nitrogens with two attached hydrogens (primary N) is 1. The molecule has 0 atom stereocenters. The molecule has 0 bridgehead atoms. The van der Waals surface area contributed by atoms with Crippen LogP contribution in [0.3, 0.4) is 0 Å². The first-order valence-corrected chi connectivity index (χ1v) is 6.03. The Morgan fingerprint density at radius 2 is 1.89 bits per heavy atom. The molecule has 0 aliphatic rings. The van der Waals surface area contributed by atoms with Crippen molar-refractivity contribution in [3.05, 3.63) is 0 Å². The molecule has 1 heterocycles. The molecule has 0 spiro atoms. The van der Waals surface area contributed by atoms with Crippen LogP contribution >= 0.6 is 0 Å². The van der Waals surface area contributed by atoms with E-state index < -0.39 is 0 Å². The summed E-state index contributed by atoms with van der Waals surface area (Å²) in [5.41, 5.74) is 2.43. The summed E-state index contributed by atoms with van der Waals surface area (Å²) in [7, 11) is 3.68. The van der Waals surface area contributed by atoms with Gasteiger partial charge in [0.15, 0.2) is 0 Å². The van der Waals surface area contributed by atoms with Crippen LogP contribution in [-0.2, 0) is 0 Å². The first-order chi connectivity index (χ1) is 8.99. The highest BCUT2D eigenvalue weighted by atomic mass is 15.4. The van der Waals surface area contributed by atoms with E-state index in [1.807, 2.05) is 32.8 Å². The van der Waals surface area contributed by atoms with Crippen molar-refractivity contribution >= 4 is 17.8 Å². The molecule has 3 N–H and O–H groups in total. The van der Waals surface area contributed by atoms with Crippen LogP contribution in [0.2, 0.25) is 0 Å². The Morgan fingerprint density at radius 3 is 2.37 bits per heavy atom. The summed E-state index contributed by atoms with van der Waals surface area (Å²) in [5, 5.41) is 8.72. The van der Waals surface area contributed by atoms with Crippen LogP contribution in [0.1, 0.15) is 20.3 Å². The van der Waals surface area contributed by atoms with Gasteiger partial charge < -0.3 is 9.80 Å². The number of rotatable bonds is 6. The predicted molar refractivity (Wildman–Crippen MR) is 74.7 cm³/mol. The largest absolute Gasteiger partial charge is 0.347 e. The van der Waals surface area contributed by atoms with E-state index in [0.717, 1.165) is 0 Å². The maximum Gasteiger partial charge on any atom is 0.243 e. The number of nitrogens with one attached hydrogen (secondary N) is 1. The van der Waals surface area contributed by atoms with Crippen LogP contribution in [0, 0.1) is 11.3 Å². The van der Waals surface area contributed by atoms with Gasteiger partial charge in [0.05, 0.1) is 12.5 Å². The molecule has 1 aromatic heterocycles. The third-order valence-corrected chi connectivity index (χ3v) is 2.49. The van der Waals surface area contributed by atoms with Crippen molar-refractivity contribution < 1.29 is 0 Å². The first kappa shape index (κ1) is 14.9. The molecule has 0 saturated heterocycles. The molecule has 0 amide bonds. The molecular formula is C11H20N8. The highest BCUT2D eigenvalue weighted by Crippen LogP contribution is 2.17. The van der Waals surface area contributed by atoms with Crippen LogP contribution in [0.4, 0.5) is 17.8 Å². The summed E-state index contributed by atoms with van der Waals surface area (Å²) in [6.45, 7) is 4.60. The predicted octanol–water partition coefficient (Wildman–Crippen LogP) is 0.352. The molecule has 8 heteroatoms. The minimum Gasteiger partial charge on any atom is -0.347 e. The Hall–Kier alpha value is -2.14. The van der Waals surface area contributed by atoms with E-state index in [0.29, 0.717) is 30.8 Å². The number of anilines is 3. The Kier molecular flexibility index (Phi) is 5.26. The SMILES string of the molecule is CC(C)N(CCC#N)c1nc(NN)nc(N(C)C)n1. The molecule has 1 aromatic rings. The minimum atomic E-state index is 0.177. The third kappa shape index (κ3) is 3.93. The van der Waals surface area contributed by atoms with E-state index in [9.17, 15) is 0 Å². The second-order valence-electron chi connectivity index (χ2n) is 4.49. The van der Waals surface area contributed by atoms with Crippen molar-refractivity contribution in [1.82, 2.24) is 15.0 Å². The zero-order valence-electron chi connectivity index (χ0n) is 11.8. The molecule has 0 aliphatic carbocycles. The van der Waals surface area contributed by atoms with E-state index in [4.69, 9.17) is 11.1 Å². The number of nitriles is 1. The quantitative estimate of drug-likeness (QED) is 0.560. The lowest BCUT2D eigenvalue weighted by Crippen LogP contribution is -2.34. The van der Waals surface area contributed by atoms with Crippen molar-refractivity contribution in [3.8, 4) is 6.07 Å². The normalized spacial score (nSPS) is 10.2. The average Bonchev–Trinajstić information content (AvgIpc) is 2.38. The second-order valence-corrected chi connectivity index (χ2v) is 4.49. The molecule has 0 fully saturated rings. The van der Waals surface area contributed by atoms with Gasteiger partial charge >= 0.3 is 0 Å². The van der Waals surface area contributed by atoms with Crippen molar-refractivity contribution in [2.75, 3.05) is 35.9 Å². The number of aromatic nitrogens is 3. The number of hydrazine groups is 1. The van der Waals surface area contributed by atoms with E-state index in [1.54, 1.807) is 4.90 Å². The highest BCUT2D eigenvalue weighted by Gasteiger charge is 2.16. The van der Waals surface area contributed by atoms with E-state index in [1.165, 1.54) is 0 Å². The average molecular weight is 264 g/mol. The van der Waals surface area contributed by atoms with Crippen molar-refractivity contribution in [1.29, 1.82) is 5.26 Å². The molecule has 1 rings (SSSR count). The van der Waals surface area contributed by atoms with Gasteiger partial charge in [0.1, 0.15) is 0 Å². The van der Waals surface area contributed by atoms with Gasteiger partial charge in [-0.15, -0.1) is 0 Å². The number of nitrogens with zero attached hydrogens (tertiary/aromatic N) is 6. The van der Waals surface area contributed by atoms with Gasteiger partial charge in [-0.05, 0) is 13.8 Å².